The summed E-state index contributed by atoms with van der Waals surface area (Å²) in [4.78, 5) is 23.7. The van der Waals surface area contributed by atoms with Crippen LogP contribution in [0, 0.1) is 5.92 Å². The highest BCUT2D eigenvalue weighted by atomic mass is 16.6. The Morgan fingerprint density at radius 3 is 2.33 bits per heavy atom. The Kier molecular flexibility index (Phi) is 5.90. The molecule has 0 aliphatic carbocycles. The largest absolute Gasteiger partial charge is 0.444 e. The van der Waals surface area contributed by atoms with Gasteiger partial charge in [-0.2, -0.15) is 0 Å². The van der Waals surface area contributed by atoms with E-state index in [1.807, 2.05) is 6.07 Å². The summed E-state index contributed by atoms with van der Waals surface area (Å²) in [5, 5.41) is 12.5. The first-order valence-electron chi connectivity index (χ1n) is 6.95. The molecule has 0 saturated heterocycles. The SMILES string of the molecule is C[C@H](C(=O)c1ccccc1)[C@@H](O)CNC(=O)OC(C)(C)C. The number of rotatable bonds is 5. The second-order valence-electron chi connectivity index (χ2n) is 5.97. The topological polar surface area (TPSA) is 75.6 Å². The van der Waals surface area contributed by atoms with Gasteiger partial charge in [0.15, 0.2) is 5.78 Å². The summed E-state index contributed by atoms with van der Waals surface area (Å²) < 4.78 is 5.07. The smallest absolute Gasteiger partial charge is 0.407 e. The van der Waals surface area contributed by atoms with Gasteiger partial charge >= 0.3 is 6.09 Å². The van der Waals surface area contributed by atoms with Gasteiger partial charge in [0.1, 0.15) is 5.60 Å². The van der Waals surface area contributed by atoms with Crippen LogP contribution in [0.5, 0.6) is 0 Å². The number of carbonyl (C=O) groups is 2. The summed E-state index contributed by atoms with van der Waals surface area (Å²) in [5.41, 5.74) is -0.0538. The van der Waals surface area contributed by atoms with Crippen LogP contribution in [0.15, 0.2) is 30.3 Å². The zero-order chi connectivity index (χ0) is 16.0. The van der Waals surface area contributed by atoms with E-state index in [0.29, 0.717) is 5.56 Å². The van der Waals surface area contributed by atoms with Crippen LogP contribution < -0.4 is 5.32 Å². The summed E-state index contributed by atoms with van der Waals surface area (Å²) in [6, 6.07) is 8.76. The molecule has 21 heavy (non-hydrogen) atoms. The molecule has 0 aliphatic rings. The molecule has 0 heterocycles. The van der Waals surface area contributed by atoms with Crippen molar-refractivity contribution in [1.82, 2.24) is 5.32 Å². The summed E-state index contributed by atoms with van der Waals surface area (Å²) in [6.45, 7) is 6.87. The number of benzene rings is 1. The molecule has 1 aromatic rings. The second-order valence-corrected chi connectivity index (χ2v) is 5.97. The molecule has 116 valence electrons. The highest BCUT2D eigenvalue weighted by Gasteiger charge is 2.24. The number of aliphatic hydroxyl groups excluding tert-OH is 1. The Morgan fingerprint density at radius 2 is 1.81 bits per heavy atom. The van der Waals surface area contributed by atoms with Crippen molar-refractivity contribution in [3.63, 3.8) is 0 Å². The number of hydrogen-bond acceptors (Lipinski definition) is 4. The van der Waals surface area contributed by atoms with Crippen molar-refractivity contribution in [1.29, 1.82) is 0 Å². The predicted molar refractivity (Wildman–Crippen MR) is 80.2 cm³/mol. The van der Waals surface area contributed by atoms with Crippen LogP contribution in [0.3, 0.4) is 0 Å². The highest BCUT2D eigenvalue weighted by Crippen LogP contribution is 2.12. The molecule has 0 bridgehead atoms. The summed E-state index contributed by atoms with van der Waals surface area (Å²) in [5.74, 6) is -0.767. The van der Waals surface area contributed by atoms with Gasteiger partial charge < -0.3 is 15.2 Å². The van der Waals surface area contributed by atoms with Crippen molar-refractivity contribution < 1.29 is 19.4 Å². The van der Waals surface area contributed by atoms with Gasteiger partial charge in [0.25, 0.3) is 0 Å². The summed E-state index contributed by atoms with van der Waals surface area (Å²) in [7, 11) is 0. The van der Waals surface area contributed by atoms with E-state index in [1.165, 1.54) is 0 Å². The number of ether oxygens (including phenoxy) is 1. The minimum absolute atomic E-state index is 0.0331. The van der Waals surface area contributed by atoms with Gasteiger partial charge in [-0.3, -0.25) is 4.79 Å². The molecule has 1 aromatic carbocycles. The lowest BCUT2D eigenvalue weighted by Gasteiger charge is -2.22. The molecular formula is C16H23NO4. The molecule has 0 spiro atoms. The first kappa shape index (κ1) is 17.2. The molecule has 2 N–H and O–H groups in total. The van der Waals surface area contributed by atoms with Crippen LogP contribution in [0.2, 0.25) is 0 Å². The Balaban J connectivity index is 2.50. The van der Waals surface area contributed by atoms with Crippen molar-refractivity contribution in [2.24, 2.45) is 5.92 Å². The third kappa shape index (κ3) is 5.95. The van der Waals surface area contributed by atoms with Gasteiger partial charge in [0, 0.05) is 18.0 Å². The molecule has 0 aromatic heterocycles. The molecule has 0 saturated carbocycles. The number of carbonyl (C=O) groups excluding carboxylic acids is 2. The van der Waals surface area contributed by atoms with Gasteiger partial charge in [0.2, 0.25) is 0 Å². The van der Waals surface area contributed by atoms with Gasteiger partial charge in [-0.05, 0) is 20.8 Å². The molecule has 2 atom stereocenters. The van der Waals surface area contributed by atoms with E-state index in [-0.39, 0.29) is 12.3 Å². The first-order valence-corrected chi connectivity index (χ1v) is 6.95. The van der Waals surface area contributed by atoms with Crippen LogP contribution in [0.1, 0.15) is 38.1 Å². The van der Waals surface area contributed by atoms with E-state index in [1.54, 1.807) is 52.0 Å². The van der Waals surface area contributed by atoms with Crippen LogP contribution >= 0.6 is 0 Å². The molecule has 0 unspecified atom stereocenters. The zero-order valence-corrected chi connectivity index (χ0v) is 12.9. The van der Waals surface area contributed by atoms with Crippen molar-refractivity contribution in [3.05, 3.63) is 35.9 Å². The molecule has 0 fully saturated rings. The number of hydrogen-bond donors (Lipinski definition) is 2. The molecule has 0 aliphatic heterocycles. The number of alkyl carbamates (subject to hydrolysis) is 1. The maximum Gasteiger partial charge on any atom is 0.407 e. The number of nitrogens with one attached hydrogen (secondary N) is 1. The van der Waals surface area contributed by atoms with E-state index in [9.17, 15) is 14.7 Å². The predicted octanol–water partition coefficient (Wildman–Crippen LogP) is 2.39. The third-order valence-electron chi connectivity index (χ3n) is 2.90. The number of ketones is 1. The molecule has 5 heteroatoms. The molecule has 0 radical (unpaired) electrons. The van der Waals surface area contributed by atoms with E-state index < -0.39 is 23.7 Å². The molecule has 1 rings (SSSR count). The van der Waals surface area contributed by atoms with Crippen molar-refractivity contribution >= 4 is 11.9 Å². The van der Waals surface area contributed by atoms with Gasteiger partial charge in [-0.15, -0.1) is 0 Å². The standard InChI is InChI=1S/C16H23NO4/c1-11(14(19)12-8-6-5-7-9-12)13(18)10-17-15(20)21-16(2,3)4/h5-9,11,13,18H,10H2,1-4H3,(H,17,20)/t11-,13-/m0/s1. The highest BCUT2D eigenvalue weighted by molar-refractivity contribution is 5.97. The van der Waals surface area contributed by atoms with Gasteiger partial charge in [0.05, 0.1) is 6.10 Å². The number of aliphatic hydroxyl groups is 1. The average Bonchev–Trinajstić information content (AvgIpc) is 2.42. The lowest BCUT2D eigenvalue weighted by Crippen LogP contribution is -2.40. The van der Waals surface area contributed by atoms with Crippen LogP contribution in [0.25, 0.3) is 0 Å². The fourth-order valence-electron chi connectivity index (χ4n) is 1.72. The minimum Gasteiger partial charge on any atom is -0.444 e. The number of amides is 1. The Bertz CT molecular complexity index is 479. The van der Waals surface area contributed by atoms with Gasteiger partial charge in [-0.25, -0.2) is 4.79 Å². The molecule has 1 amide bonds. The van der Waals surface area contributed by atoms with Crippen LogP contribution in [-0.4, -0.2) is 35.2 Å². The maximum atomic E-state index is 12.2. The zero-order valence-electron chi connectivity index (χ0n) is 12.9. The Labute approximate surface area is 125 Å². The minimum atomic E-state index is -0.967. The fourth-order valence-corrected chi connectivity index (χ4v) is 1.72. The van der Waals surface area contributed by atoms with Crippen molar-refractivity contribution in [2.45, 2.75) is 39.4 Å². The van der Waals surface area contributed by atoms with Crippen LogP contribution in [-0.2, 0) is 4.74 Å². The summed E-state index contributed by atoms with van der Waals surface area (Å²) >= 11 is 0. The quantitative estimate of drug-likeness (QED) is 0.817. The number of Topliss-reactive ketones (excluding diaryl/α,β-unsaturated/α-hetero) is 1. The maximum absolute atomic E-state index is 12.2. The van der Waals surface area contributed by atoms with Crippen molar-refractivity contribution in [2.75, 3.05) is 6.54 Å². The van der Waals surface area contributed by atoms with E-state index in [2.05, 4.69) is 5.32 Å². The Morgan fingerprint density at radius 1 is 1.24 bits per heavy atom. The average molecular weight is 293 g/mol. The first-order chi connectivity index (χ1) is 9.70. The van der Waals surface area contributed by atoms with Gasteiger partial charge in [-0.1, -0.05) is 37.3 Å². The van der Waals surface area contributed by atoms with E-state index in [0.717, 1.165) is 0 Å². The third-order valence-corrected chi connectivity index (χ3v) is 2.90. The van der Waals surface area contributed by atoms with E-state index >= 15 is 0 Å². The lowest BCUT2D eigenvalue weighted by atomic mass is 9.94. The molecular weight excluding hydrogens is 270 g/mol. The van der Waals surface area contributed by atoms with Crippen molar-refractivity contribution in [3.8, 4) is 0 Å². The van der Waals surface area contributed by atoms with Crippen LogP contribution in [0.4, 0.5) is 4.79 Å². The summed E-state index contributed by atoms with van der Waals surface area (Å²) in [6.07, 6.45) is -1.58. The second kappa shape index (κ2) is 7.22. The van der Waals surface area contributed by atoms with E-state index in [4.69, 9.17) is 4.74 Å². The lowest BCUT2D eigenvalue weighted by molar-refractivity contribution is 0.0446. The molecule has 5 nitrogen and oxygen atoms in total. The monoisotopic (exact) mass is 293 g/mol. The normalized spacial score (nSPS) is 14.1. The fraction of sp³-hybridized carbons (Fsp3) is 0.500. The Hall–Kier alpha value is -1.88.